The first-order valence-electron chi connectivity index (χ1n) is 9.56. The van der Waals surface area contributed by atoms with Gasteiger partial charge in [-0.2, -0.15) is 0 Å². The number of rotatable bonds is 5. The smallest absolute Gasteiger partial charge is 0.331 e. The van der Waals surface area contributed by atoms with Gasteiger partial charge in [0.2, 0.25) is 0 Å². The highest BCUT2D eigenvalue weighted by Gasteiger charge is 2.31. The Hall–Kier alpha value is -4.32. The van der Waals surface area contributed by atoms with Gasteiger partial charge in [-0.3, -0.25) is 14.4 Å². The van der Waals surface area contributed by atoms with Gasteiger partial charge in [-0.25, -0.2) is 4.79 Å². The highest BCUT2D eigenvalue weighted by Crippen LogP contribution is 2.31. The number of anilines is 1. The Morgan fingerprint density at radius 3 is 2.16 bits per heavy atom. The van der Waals surface area contributed by atoms with E-state index in [0.717, 1.165) is 5.56 Å². The number of ketones is 2. The number of nitrogens with one attached hydrogen (secondary N) is 1. The summed E-state index contributed by atoms with van der Waals surface area (Å²) >= 11 is 0. The molecular formula is C25H17NO5. The first kappa shape index (κ1) is 20.0. The molecule has 0 unspecified atom stereocenters. The second-order valence-corrected chi connectivity index (χ2v) is 6.83. The maximum Gasteiger partial charge on any atom is 0.331 e. The third-order valence-corrected chi connectivity index (χ3v) is 4.78. The highest BCUT2D eigenvalue weighted by molar-refractivity contribution is 6.30. The van der Waals surface area contributed by atoms with Crippen LogP contribution in [0.2, 0.25) is 0 Å². The Labute approximate surface area is 178 Å². The first-order chi connectivity index (χ1) is 15.0. The second-order valence-electron chi connectivity index (χ2n) is 6.83. The molecule has 1 aliphatic carbocycles. The van der Waals surface area contributed by atoms with Crippen molar-refractivity contribution in [3.63, 3.8) is 0 Å². The standard InChI is InChI=1S/C25H17NO5/c27-21(15-31-22(28)14-13-16-7-2-1-3-8-16)26-20-12-6-11-19-23(20)25(30)18-10-5-4-9-17(18)24(19)29/h1-14H,15H2,(H,26,27)/b14-13+. The van der Waals surface area contributed by atoms with Crippen molar-refractivity contribution in [1.29, 1.82) is 0 Å². The molecule has 0 fully saturated rings. The minimum absolute atomic E-state index is 0.134. The molecule has 4 rings (SSSR count). The van der Waals surface area contributed by atoms with Gasteiger partial charge in [0, 0.05) is 22.8 Å². The molecule has 0 aromatic heterocycles. The third-order valence-electron chi connectivity index (χ3n) is 4.78. The zero-order valence-corrected chi connectivity index (χ0v) is 16.3. The lowest BCUT2D eigenvalue weighted by atomic mass is 9.83. The van der Waals surface area contributed by atoms with Crippen molar-refractivity contribution in [3.05, 3.63) is 107 Å². The molecule has 0 saturated heterocycles. The molecule has 0 aliphatic heterocycles. The SMILES string of the molecule is O=C(COC(=O)/C=C/c1ccccc1)Nc1cccc2c1C(=O)c1ccccc1C2=O. The summed E-state index contributed by atoms with van der Waals surface area (Å²) in [6.07, 6.45) is 2.81. The normalized spacial score (nSPS) is 12.3. The Bertz CT molecular complexity index is 1230. The minimum atomic E-state index is -0.672. The number of hydrogen-bond donors (Lipinski definition) is 1. The molecule has 31 heavy (non-hydrogen) atoms. The molecule has 152 valence electrons. The van der Waals surface area contributed by atoms with Crippen molar-refractivity contribution in [2.45, 2.75) is 0 Å². The molecule has 0 bridgehead atoms. The van der Waals surface area contributed by atoms with Crippen molar-refractivity contribution in [1.82, 2.24) is 0 Å². The summed E-state index contributed by atoms with van der Waals surface area (Å²) in [7, 11) is 0. The van der Waals surface area contributed by atoms with Crippen LogP contribution in [0, 0.1) is 0 Å². The Morgan fingerprint density at radius 2 is 1.42 bits per heavy atom. The summed E-state index contributed by atoms with van der Waals surface area (Å²) < 4.78 is 4.96. The minimum Gasteiger partial charge on any atom is -0.452 e. The van der Waals surface area contributed by atoms with Gasteiger partial charge < -0.3 is 10.1 Å². The fourth-order valence-electron chi connectivity index (χ4n) is 3.35. The topological polar surface area (TPSA) is 89.5 Å². The van der Waals surface area contributed by atoms with Gasteiger partial charge in [-0.15, -0.1) is 0 Å². The van der Waals surface area contributed by atoms with Crippen LogP contribution in [-0.2, 0) is 14.3 Å². The van der Waals surface area contributed by atoms with Crippen molar-refractivity contribution in [2.75, 3.05) is 11.9 Å². The number of hydrogen-bond acceptors (Lipinski definition) is 5. The third kappa shape index (κ3) is 4.18. The number of carbonyl (C=O) groups excluding carboxylic acids is 4. The van der Waals surface area contributed by atoms with Crippen LogP contribution >= 0.6 is 0 Å². The maximum atomic E-state index is 12.9. The summed E-state index contributed by atoms with van der Waals surface area (Å²) in [4.78, 5) is 49.8. The predicted molar refractivity (Wildman–Crippen MR) is 115 cm³/mol. The van der Waals surface area contributed by atoms with Crippen LogP contribution < -0.4 is 5.32 Å². The van der Waals surface area contributed by atoms with Crippen LogP contribution in [-0.4, -0.2) is 30.0 Å². The number of ether oxygens (including phenoxy) is 1. The number of esters is 1. The van der Waals surface area contributed by atoms with Crippen LogP contribution in [0.15, 0.2) is 78.9 Å². The predicted octanol–water partition coefficient (Wildman–Crippen LogP) is 3.66. The van der Waals surface area contributed by atoms with Crippen molar-refractivity contribution in [2.24, 2.45) is 0 Å². The Balaban J connectivity index is 1.45. The van der Waals surface area contributed by atoms with Crippen LogP contribution in [0.5, 0.6) is 0 Å². The van der Waals surface area contributed by atoms with E-state index >= 15 is 0 Å². The van der Waals surface area contributed by atoms with E-state index in [0.29, 0.717) is 11.1 Å². The van der Waals surface area contributed by atoms with Gasteiger partial charge in [-0.05, 0) is 17.7 Å². The molecule has 3 aromatic rings. The molecule has 1 N–H and O–H groups in total. The van der Waals surface area contributed by atoms with E-state index in [1.165, 1.54) is 12.1 Å². The summed E-state index contributed by atoms with van der Waals surface area (Å²) in [5.41, 5.74) is 2.01. The van der Waals surface area contributed by atoms with Crippen molar-refractivity contribution < 1.29 is 23.9 Å². The number of fused-ring (bicyclic) bond motifs is 2. The van der Waals surface area contributed by atoms with Crippen molar-refractivity contribution >= 4 is 35.2 Å². The quantitative estimate of drug-likeness (QED) is 0.400. The van der Waals surface area contributed by atoms with Crippen LogP contribution in [0.4, 0.5) is 5.69 Å². The summed E-state index contributed by atoms with van der Waals surface area (Å²) in [6, 6.07) is 20.4. The molecule has 6 heteroatoms. The Morgan fingerprint density at radius 1 is 0.774 bits per heavy atom. The van der Waals surface area contributed by atoms with Gasteiger partial charge in [0.25, 0.3) is 5.91 Å². The molecular weight excluding hydrogens is 394 g/mol. The van der Waals surface area contributed by atoms with E-state index in [-0.39, 0.29) is 28.4 Å². The van der Waals surface area contributed by atoms with Gasteiger partial charge in [0.15, 0.2) is 18.2 Å². The molecule has 0 saturated carbocycles. The van der Waals surface area contributed by atoms with Gasteiger partial charge in [-0.1, -0.05) is 66.7 Å². The molecule has 0 radical (unpaired) electrons. The number of amides is 1. The van der Waals surface area contributed by atoms with Crippen LogP contribution in [0.25, 0.3) is 6.08 Å². The molecule has 3 aromatic carbocycles. The zero-order valence-electron chi connectivity index (χ0n) is 16.3. The fourth-order valence-corrected chi connectivity index (χ4v) is 3.35. The van der Waals surface area contributed by atoms with E-state index in [1.54, 1.807) is 42.5 Å². The maximum absolute atomic E-state index is 12.9. The summed E-state index contributed by atoms with van der Waals surface area (Å²) in [5, 5.41) is 2.57. The number of carbonyl (C=O) groups is 4. The van der Waals surface area contributed by atoms with E-state index < -0.39 is 18.5 Å². The van der Waals surface area contributed by atoms with Crippen molar-refractivity contribution in [3.8, 4) is 0 Å². The molecule has 1 amide bonds. The van der Waals surface area contributed by atoms with E-state index in [9.17, 15) is 19.2 Å². The summed E-state index contributed by atoms with van der Waals surface area (Å²) in [5.74, 6) is -1.91. The van der Waals surface area contributed by atoms with E-state index in [1.807, 2.05) is 30.3 Å². The average Bonchev–Trinajstić information content (AvgIpc) is 2.80. The average molecular weight is 411 g/mol. The zero-order chi connectivity index (χ0) is 21.8. The largest absolute Gasteiger partial charge is 0.452 e. The molecule has 0 atom stereocenters. The lowest BCUT2D eigenvalue weighted by Gasteiger charge is -2.20. The highest BCUT2D eigenvalue weighted by atomic mass is 16.5. The van der Waals surface area contributed by atoms with E-state index in [2.05, 4.69) is 5.32 Å². The monoisotopic (exact) mass is 411 g/mol. The van der Waals surface area contributed by atoms with E-state index in [4.69, 9.17) is 4.74 Å². The van der Waals surface area contributed by atoms with Crippen LogP contribution in [0.1, 0.15) is 37.4 Å². The molecule has 1 aliphatic rings. The molecule has 6 nitrogen and oxygen atoms in total. The lowest BCUT2D eigenvalue weighted by Crippen LogP contribution is -2.25. The first-order valence-corrected chi connectivity index (χ1v) is 9.56. The van der Waals surface area contributed by atoms with Gasteiger partial charge >= 0.3 is 5.97 Å². The second kappa shape index (κ2) is 8.59. The van der Waals surface area contributed by atoms with Gasteiger partial charge in [0.05, 0.1) is 11.3 Å². The summed E-state index contributed by atoms with van der Waals surface area (Å²) in [6.45, 7) is -0.527. The lowest BCUT2D eigenvalue weighted by molar-refractivity contribution is -0.142. The van der Waals surface area contributed by atoms with Gasteiger partial charge in [0.1, 0.15) is 0 Å². The fraction of sp³-hybridized carbons (Fsp3) is 0.0400. The van der Waals surface area contributed by atoms with Crippen LogP contribution in [0.3, 0.4) is 0 Å². The molecule has 0 heterocycles. The number of benzene rings is 3. The molecule has 0 spiro atoms. The Kier molecular flexibility index (Phi) is 5.53.